The van der Waals surface area contributed by atoms with Crippen molar-refractivity contribution in [3.63, 3.8) is 0 Å². The summed E-state index contributed by atoms with van der Waals surface area (Å²) in [6.07, 6.45) is 0.691. The molecule has 0 fully saturated rings. The van der Waals surface area contributed by atoms with Gasteiger partial charge in [-0.3, -0.25) is 9.78 Å². The fourth-order valence-corrected chi connectivity index (χ4v) is 2.11. The van der Waals surface area contributed by atoms with Crippen LogP contribution >= 0.6 is 0 Å². The van der Waals surface area contributed by atoms with Gasteiger partial charge in [0.2, 0.25) is 0 Å². The monoisotopic (exact) mass is 284 g/mol. The van der Waals surface area contributed by atoms with Crippen LogP contribution in [0.3, 0.4) is 0 Å². The largest absolute Gasteiger partial charge is 0.394 e. The lowest BCUT2D eigenvalue weighted by atomic mass is 10.1. The maximum Gasteiger partial charge on any atom is 0.253 e. The molecule has 1 aromatic carbocycles. The van der Waals surface area contributed by atoms with Gasteiger partial charge in [-0.2, -0.15) is 0 Å². The fourth-order valence-electron chi connectivity index (χ4n) is 2.11. The van der Waals surface area contributed by atoms with Crippen LogP contribution in [0.2, 0.25) is 0 Å². The highest BCUT2D eigenvalue weighted by molar-refractivity contribution is 5.95. The molecule has 0 radical (unpaired) electrons. The topological polar surface area (TPSA) is 62.2 Å². The number of hydrogen-bond acceptors (Lipinski definition) is 3. The smallest absolute Gasteiger partial charge is 0.253 e. The molecule has 0 spiro atoms. The Bertz CT molecular complexity index is 607. The van der Waals surface area contributed by atoms with Crippen LogP contribution in [-0.4, -0.2) is 28.6 Å². The van der Waals surface area contributed by atoms with Crippen LogP contribution in [-0.2, 0) is 0 Å². The van der Waals surface area contributed by atoms with E-state index >= 15 is 0 Å². The molecule has 1 unspecified atom stereocenters. The average Bonchev–Trinajstić information content (AvgIpc) is 2.53. The van der Waals surface area contributed by atoms with Gasteiger partial charge in [-0.1, -0.05) is 37.3 Å². The summed E-state index contributed by atoms with van der Waals surface area (Å²) >= 11 is 0. The highest BCUT2D eigenvalue weighted by Gasteiger charge is 2.14. The third kappa shape index (κ3) is 3.67. The molecule has 0 aliphatic heterocycles. The standard InChI is InChI=1S/C17H20N2O2/c1-3-14(11-20)19-17(21)15-9-10-16(18-12(15)2)13-7-5-4-6-8-13/h4-10,14,20H,3,11H2,1-2H3,(H,19,21). The number of rotatable bonds is 5. The van der Waals surface area contributed by atoms with Gasteiger partial charge in [0.05, 0.1) is 29.6 Å². The van der Waals surface area contributed by atoms with E-state index in [0.717, 1.165) is 11.3 Å². The van der Waals surface area contributed by atoms with E-state index in [9.17, 15) is 4.79 Å². The van der Waals surface area contributed by atoms with Gasteiger partial charge in [-0.05, 0) is 25.5 Å². The maximum atomic E-state index is 12.2. The number of aryl methyl sites for hydroxylation is 1. The Kier molecular flexibility index (Phi) is 5.06. The molecule has 0 bridgehead atoms. The maximum absolute atomic E-state index is 12.2. The number of benzene rings is 1. The Labute approximate surface area is 124 Å². The third-order valence-electron chi connectivity index (χ3n) is 3.45. The van der Waals surface area contributed by atoms with Crippen molar-refractivity contribution in [1.29, 1.82) is 0 Å². The van der Waals surface area contributed by atoms with E-state index in [2.05, 4.69) is 10.3 Å². The highest BCUT2D eigenvalue weighted by atomic mass is 16.3. The van der Waals surface area contributed by atoms with Gasteiger partial charge in [-0.25, -0.2) is 0 Å². The highest BCUT2D eigenvalue weighted by Crippen LogP contribution is 2.18. The zero-order valence-corrected chi connectivity index (χ0v) is 12.3. The minimum Gasteiger partial charge on any atom is -0.394 e. The van der Waals surface area contributed by atoms with Gasteiger partial charge in [0.1, 0.15) is 0 Å². The Morgan fingerprint density at radius 2 is 1.95 bits per heavy atom. The summed E-state index contributed by atoms with van der Waals surface area (Å²) in [5, 5.41) is 12.0. The molecule has 0 saturated heterocycles. The summed E-state index contributed by atoms with van der Waals surface area (Å²) in [7, 11) is 0. The Balaban J connectivity index is 2.22. The normalized spacial score (nSPS) is 12.0. The van der Waals surface area contributed by atoms with Gasteiger partial charge in [0.25, 0.3) is 5.91 Å². The van der Waals surface area contributed by atoms with Crippen molar-refractivity contribution in [3.8, 4) is 11.3 Å². The molecule has 110 valence electrons. The number of aromatic nitrogens is 1. The molecule has 1 heterocycles. The number of aliphatic hydroxyl groups is 1. The summed E-state index contributed by atoms with van der Waals surface area (Å²) in [6.45, 7) is 3.68. The Morgan fingerprint density at radius 1 is 1.24 bits per heavy atom. The van der Waals surface area contributed by atoms with Crippen molar-refractivity contribution in [3.05, 3.63) is 53.7 Å². The number of pyridine rings is 1. The number of amides is 1. The summed E-state index contributed by atoms with van der Waals surface area (Å²) in [6, 6.07) is 13.3. The molecule has 21 heavy (non-hydrogen) atoms. The number of nitrogens with one attached hydrogen (secondary N) is 1. The molecule has 2 rings (SSSR count). The van der Waals surface area contributed by atoms with E-state index in [1.54, 1.807) is 6.07 Å². The molecule has 4 nitrogen and oxygen atoms in total. The minimum atomic E-state index is -0.217. The Hall–Kier alpha value is -2.20. The predicted octanol–water partition coefficient (Wildman–Crippen LogP) is 2.56. The van der Waals surface area contributed by atoms with Gasteiger partial charge in [0, 0.05) is 5.56 Å². The zero-order chi connectivity index (χ0) is 15.2. The van der Waals surface area contributed by atoms with Crippen LogP contribution in [0.15, 0.2) is 42.5 Å². The molecule has 0 saturated carbocycles. The second kappa shape index (κ2) is 6.99. The third-order valence-corrected chi connectivity index (χ3v) is 3.45. The molecule has 1 atom stereocenters. The second-order valence-corrected chi connectivity index (χ2v) is 4.96. The molecule has 4 heteroatoms. The number of nitrogens with zero attached hydrogens (tertiary/aromatic N) is 1. The first-order valence-electron chi connectivity index (χ1n) is 7.10. The van der Waals surface area contributed by atoms with Crippen LogP contribution in [0.4, 0.5) is 0 Å². The van der Waals surface area contributed by atoms with Crippen molar-refractivity contribution in [2.75, 3.05) is 6.61 Å². The van der Waals surface area contributed by atoms with E-state index in [0.29, 0.717) is 17.7 Å². The van der Waals surface area contributed by atoms with Crippen LogP contribution in [0.25, 0.3) is 11.3 Å². The average molecular weight is 284 g/mol. The van der Waals surface area contributed by atoms with E-state index in [4.69, 9.17) is 5.11 Å². The number of hydrogen-bond donors (Lipinski definition) is 2. The molecular weight excluding hydrogens is 264 g/mol. The van der Waals surface area contributed by atoms with E-state index in [1.807, 2.05) is 50.2 Å². The zero-order valence-electron chi connectivity index (χ0n) is 12.3. The second-order valence-electron chi connectivity index (χ2n) is 4.96. The summed E-state index contributed by atoms with van der Waals surface area (Å²) in [5.41, 5.74) is 3.09. The predicted molar refractivity (Wildman–Crippen MR) is 83.0 cm³/mol. The van der Waals surface area contributed by atoms with Crippen LogP contribution in [0.1, 0.15) is 29.4 Å². The lowest BCUT2D eigenvalue weighted by Crippen LogP contribution is -2.37. The first-order valence-corrected chi connectivity index (χ1v) is 7.10. The number of carbonyl (C=O) groups is 1. The van der Waals surface area contributed by atoms with Gasteiger partial charge in [0.15, 0.2) is 0 Å². The molecule has 1 aromatic heterocycles. The molecule has 0 aliphatic carbocycles. The van der Waals surface area contributed by atoms with E-state index in [1.165, 1.54) is 0 Å². The van der Waals surface area contributed by atoms with Crippen LogP contribution < -0.4 is 5.32 Å². The molecule has 1 amide bonds. The van der Waals surface area contributed by atoms with Crippen molar-refractivity contribution in [2.24, 2.45) is 0 Å². The van der Waals surface area contributed by atoms with Crippen molar-refractivity contribution >= 4 is 5.91 Å². The first-order chi connectivity index (χ1) is 10.2. The molecular formula is C17H20N2O2. The van der Waals surface area contributed by atoms with Crippen molar-refractivity contribution < 1.29 is 9.90 Å². The van der Waals surface area contributed by atoms with Gasteiger partial charge >= 0.3 is 0 Å². The summed E-state index contributed by atoms with van der Waals surface area (Å²) in [4.78, 5) is 16.7. The molecule has 0 aliphatic rings. The van der Waals surface area contributed by atoms with Crippen molar-refractivity contribution in [1.82, 2.24) is 10.3 Å². The first kappa shape index (κ1) is 15.2. The quantitative estimate of drug-likeness (QED) is 0.887. The lowest BCUT2D eigenvalue weighted by Gasteiger charge is -2.15. The molecule has 2 aromatic rings. The van der Waals surface area contributed by atoms with Gasteiger partial charge < -0.3 is 10.4 Å². The molecule has 2 N–H and O–H groups in total. The minimum absolute atomic E-state index is 0.0587. The fraction of sp³-hybridized carbons (Fsp3) is 0.294. The summed E-state index contributed by atoms with van der Waals surface area (Å²) in [5.74, 6) is -0.194. The van der Waals surface area contributed by atoms with E-state index < -0.39 is 0 Å². The Morgan fingerprint density at radius 3 is 2.52 bits per heavy atom. The lowest BCUT2D eigenvalue weighted by molar-refractivity contribution is 0.0914. The van der Waals surface area contributed by atoms with Crippen molar-refractivity contribution in [2.45, 2.75) is 26.3 Å². The summed E-state index contributed by atoms with van der Waals surface area (Å²) < 4.78 is 0. The van der Waals surface area contributed by atoms with Gasteiger partial charge in [-0.15, -0.1) is 0 Å². The van der Waals surface area contributed by atoms with Crippen LogP contribution in [0, 0.1) is 6.92 Å². The number of carbonyl (C=O) groups excluding carboxylic acids is 1. The van der Waals surface area contributed by atoms with E-state index in [-0.39, 0.29) is 18.6 Å². The van der Waals surface area contributed by atoms with Crippen LogP contribution in [0.5, 0.6) is 0 Å². The SMILES string of the molecule is CCC(CO)NC(=O)c1ccc(-c2ccccc2)nc1C. The number of aliphatic hydroxyl groups excluding tert-OH is 1.